The van der Waals surface area contributed by atoms with Gasteiger partial charge < -0.3 is 25.8 Å². The van der Waals surface area contributed by atoms with Gasteiger partial charge in [0.15, 0.2) is 5.72 Å². The fraction of sp³-hybridized carbons (Fsp3) is 0.538. The maximum atomic E-state index is 12.1. The molecule has 2 heterocycles. The summed E-state index contributed by atoms with van der Waals surface area (Å²) in [6, 6.07) is 1.35. The number of aromatic nitrogens is 2. The number of anilines is 1. The van der Waals surface area contributed by atoms with E-state index in [-0.39, 0.29) is 12.2 Å². The van der Waals surface area contributed by atoms with E-state index in [1.165, 1.54) is 12.3 Å². The van der Waals surface area contributed by atoms with Crippen LogP contribution in [0.5, 0.6) is 0 Å². The molecular weight excluding hydrogens is 278 g/mol. The molecule has 1 fully saturated rings. The molecule has 0 aromatic carbocycles. The van der Waals surface area contributed by atoms with Crippen LogP contribution in [0.25, 0.3) is 0 Å². The van der Waals surface area contributed by atoms with E-state index in [0.717, 1.165) is 4.57 Å². The van der Waals surface area contributed by atoms with Crippen molar-refractivity contribution < 1.29 is 20.1 Å². The average molecular weight is 295 g/mol. The molecule has 0 radical (unpaired) electrons. The summed E-state index contributed by atoms with van der Waals surface area (Å²) in [7, 11) is 0. The number of aliphatic hydroxyl groups is 3. The topological polar surface area (TPSA) is 131 Å². The third kappa shape index (κ3) is 1.94. The van der Waals surface area contributed by atoms with Gasteiger partial charge in [0.2, 0.25) is 5.60 Å². The third-order valence-electron chi connectivity index (χ3n) is 3.82. The van der Waals surface area contributed by atoms with Crippen molar-refractivity contribution in [3.8, 4) is 12.3 Å². The summed E-state index contributed by atoms with van der Waals surface area (Å²) < 4.78 is 6.55. The minimum atomic E-state index is -2.20. The Morgan fingerprint density at radius 1 is 1.67 bits per heavy atom. The fourth-order valence-corrected chi connectivity index (χ4v) is 2.69. The molecule has 114 valence electrons. The molecule has 1 saturated heterocycles. The van der Waals surface area contributed by atoms with E-state index in [2.05, 4.69) is 10.9 Å². The fourth-order valence-electron chi connectivity index (χ4n) is 2.69. The van der Waals surface area contributed by atoms with Crippen molar-refractivity contribution in [3.05, 3.63) is 22.7 Å². The lowest BCUT2D eigenvalue weighted by atomic mass is 9.84. The Labute approximate surface area is 120 Å². The molecule has 0 unspecified atom stereocenters. The number of aliphatic hydroxyl groups excluding tert-OH is 2. The summed E-state index contributed by atoms with van der Waals surface area (Å²) in [6.45, 7) is 1.06. The number of nitrogens with two attached hydrogens (primary N) is 1. The molecule has 4 atom stereocenters. The quantitative estimate of drug-likeness (QED) is 0.474. The first-order chi connectivity index (χ1) is 9.86. The molecule has 0 aliphatic carbocycles. The van der Waals surface area contributed by atoms with Gasteiger partial charge in [-0.15, -0.1) is 6.42 Å². The average Bonchev–Trinajstić information content (AvgIpc) is 2.69. The van der Waals surface area contributed by atoms with Crippen LogP contribution in [-0.4, -0.2) is 49.3 Å². The van der Waals surface area contributed by atoms with Crippen LogP contribution < -0.4 is 11.4 Å². The largest absolute Gasteiger partial charge is 0.394 e. The zero-order valence-electron chi connectivity index (χ0n) is 11.4. The van der Waals surface area contributed by atoms with Gasteiger partial charge in [-0.1, -0.05) is 12.8 Å². The van der Waals surface area contributed by atoms with E-state index in [0.29, 0.717) is 0 Å². The van der Waals surface area contributed by atoms with Gasteiger partial charge in [-0.3, -0.25) is 4.57 Å². The molecule has 0 amide bonds. The third-order valence-corrected chi connectivity index (χ3v) is 3.82. The second-order valence-corrected chi connectivity index (χ2v) is 4.84. The molecule has 2 rings (SSSR count). The summed E-state index contributed by atoms with van der Waals surface area (Å²) in [5.74, 6) is 2.09. The lowest BCUT2D eigenvalue weighted by Crippen LogP contribution is -2.59. The van der Waals surface area contributed by atoms with Crippen LogP contribution in [0.15, 0.2) is 17.1 Å². The van der Waals surface area contributed by atoms with Crippen LogP contribution in [0, 0.1) is 12.3 Å². The van der Waals surface area contributed by atoms with Crippen molar-refractivity contribution >= 4 is 5.82 Å². The number of ether oxygens (including phenoxy) is 1. The smallest absolute Gasteiger partial charge is 0.351 e. The number of hydrogen-bond acceptors (Lipinski definition) is 7. The lowest BCUT2D eigenvalue weighted by molar-refractivity contribution is -0.176. The Kier molecular flexibility index (Phi) is 3.78. The first kappa shape index (κ1) is 15.5. The number of rotatable bonds is 3. The Bertz CT molecular complexity index is 639. The van der Waals surface area contributed by atoms with Crippen molar-refractivity contribution in [2.45, 2.75) is 36.9 Å². The monoisotopic (exact) mass is 295 g/mol. The molecule has 1 aromatic rings. The van der Waals surface area contributed by atoms with Crippen LogP contribution in [-0.2, 0) is 10.5 Å². The summed E-state index contributed by atoms with van der Waals surface area (Å²) in [4.78, 5) is 15.6. The Hall–Kier alpha value is -1.92. The highest BCUT2D eigenvalue weighted by atomic mass is 16.6. The molecule has 8 nitrogen and oxygen atoms in total. The highest BCUT2D eigenvalue weighted by Gasteiger charge is 2.65. The molecule has 0 bridgehead atoms. The molecule has 0 saturated carbocycles. The van der Waals surface area contributed by atoms with Crippen LogP contribution in [0.4, 0.5) is 5.82 Å². The molecule has 1 aliphatic heterocycles. The zero-order valence-corrected chi connectivity index (χ0v) is 11.4. The van der Waals surface area contributed by atoms with Crippen LogP contribution in [0.3, 0.4) is 0 Å². The first-order valence-electron chi connectivity index (χ1n) is 6.38. The minimum Gasteiger partial charge on any atom is -0.394 e. The second kappa shape index (κ2) is 5.13. The van der Waals surface area contributed by atoms with Crippen molar-refractivity contribution in [3.63, 3.8) is 0 Å². The predicted octanol–water partition coefficient (Wildman–Crippen LogP) is -2.00. The maximum absolute atomic E-state index is 12.1. The lowest BCUT2D eigenvalue weighted by Gasteiger charge is -2.38. The van der Waals surface area contributed by atoms with E-state index in [1.807, 2.05) is 0 Å². The normalized spacial score (nSPS) is 35.6. The van der Waals surface area contributed by atoms with Gasteiger partial charge in [0.05, 0.1) is 6.61 Å². The first-order valence-corrected chi connectivity index (χ1v) is 6.38. The summed E-state index contributed by atoms with van der Waals surface area (Å²) >= 11 is 0. The van der Waals surface area contributed by atoms with Crippen molar-refractivity contribution in [1.82, 2.24) is 9.55 Å². The molecule has 8 heteroatoms. The molecule has 0 spiro atoms. The zero-order chi connectivity index (χ0) is 15.8. The van der Waals surface area contributed by atoms with Crippen LogP contribution >= 0.6 is 0 Å². The molecular formula is C13H17N3O5. The van der Waals surface area contributed by atoms with Gasteiger partial charge >= 0.3 is 5.69 Å². The molecule has 1 aromatic heterocycles. The van der Waals surface area contributed by atoms with Gasteiger partial charge in [-0.2, -0.15) is 4.98 Å². The van der Waals surface area contributed by atoms with E-state index < -0.39 is 35.8 Å². The highest BCUT2D eigenvalue weighted by molar-refractivity contribution is 5.28. The van der Waals surface area contributed by atoms with Crippen molar-refractivity contribution in [2.24, 2.45) is 0 Å². The van der Waals surface area contributed by atoms with Gasteiger partial charge in [0, 0.05) is 6.20 Å². The molecule has 1 aliphatic rings. The number of terminal acetylenes is 1. The van der Waals surface area contributed by atoms with Crippen LogP contribution in [0.2, 0.25) is 0 Å². The maximum Gasteiger partial charge on any atom is 0.351 e. The predicted molar refractivity (Wildman–Crippen MR) is 72.9 cm³/mol. The highest BCUT2D eigenvalue weighted by Crippen LogP contribution is 2.45. The Morgan fingerprint density at radius 3 is 2.81 bits per heavy atom. The standard InChI is InChI=1S/C13H17N3O5/c1-3-12(20)10(18)8(7-17)21-13(12,4-2)16-6-5-9(14)15-11(16)19/h1,5-6,8,10,17-18,20H,4,7H2,2H3,(H2,14,15,19)/t8-,10-,12-,13-/m1/s1. The number of nitrogen functional groups attached to an aromatic ring is 1. The molecule has 5 N–H and O–H groups in total. The SMILES string of the molecule is C#C[C@@]1(O)[C@H](O)[C@@H](CO)O[C@@]1(CC)n1ccc(N)nc1=O. The van der Waals surface area contributed by atoms with Crippen molar-refractivity contribution in [1.29, 1.82) is 0 Å². The number of hydrogen-bond donors (Lipinski definition) is 4. The van der Waals surface area contributed by atoms with Gasteiger partial charge in [0.25, 0.3) is 0 Å². The van der Waals surface area contributed by atoms with Crippen LogP contribution in [0.1, 0.15) is 13.3 Å². The number of nitrogens with zero attached hydrogens (tertiary/aromatic N) is 2. The minimum absolute atomic E-state index is 0.00371. The Balaban J connectivity index is 2.70. The Morgan fingerprint density at radius 2 is 2.33 bits per heavy atom. The van der Waals surface area contributed by atoms with E-state index in [9.17, 15) is 20.1 Å². The van der Waals surface area contributed by atoms with Gasteiger partial charge in [-0.05, 0) is 12.5 Å². The summed E-state index contributed by atoms with van der Waals surface area (Å²) in [5, 5.41) is 30.1. The second-order valence-electron chi connectivity index (χ2n) is 4.84. The summed E-state index contributed by atoms with van der Waals surface area (Å²) in [5.41, 5.74) is 0.712. The van der Waals surface area contributed by atoms with E-state index >= 15 is 0 Å². The molecule has 21 heavy (non-hydrogen) atoms. The van der Waals surface area contributed by atoms with E-state index in [4.69, 9.17) is 16.9 Å². The summed E-state index contributed by atoms with van der Waals surface area (Å²) in [6.07, 6.45) is 4.02. The van der Waals surface area contributed by atoms with Gasteiger partial charge in [-0.25, -0.2) is 4.79 Å². The van der Waals surface area contributed by atoms with Crippen molar-refractivity contribution in [2.75, 3.05) is 12.3 Å². The van der Waals surface area contributed by atoms with Gasteiger partial charge in [0.1, 0.15) is 18.0 Å². The van der Waals surface area contributed by atoms with E-state index in [1.54, 1.807) is 6.92 Å².